The number of rotatable bonds is 9. The van der Waals surface area contributed by atoms with E-state index < -0.39 is 0 Å². The quantitative estimate of drug-likeness (QED) is 0.275. The number of carbonyl (C=O) groups excluding carboxylic acids is 1. The lowest BCUT2D eigenvalue weighted by atomic mass is 9.68. The van der Waals surface area contributed by atoms with E-state index in [1.807, 2.05) is 35.1 Å². The highest BCUT2D eigenvalue weighted by atomic mass is 35.5. The molecule has 48 heavy (non-hydrogen) atoms. The molecule has 12 heteroatoms. The van der Waals surface area contributed by atoms with Gasteiger partial charge in [-0.25, -0.2) is 14.6 Å². The van der Waals surface area contributed by atoms with Crippen LogP contribution in [0.5, 0.6) is 11.5 Å². The molecule has 1 saturated carbocycles. The Bertz CT molecular complexity index is 1760. The molecular formula is C36H45ClN8O3. The molecule has 254 valence electrons. The lowest BCUT2D eigenvalue weighted by molar-refractivity contribution is -0.138. The summed E-state index contributed by atoms with van der Waals surface area (Å²) in [4.78, 5) is 30.1. The minimum absolute atomic E-state index is 0.0258. The summed E-state index contributed by atoms with van der Waals surface area (Å²) in [6.45, 7) is 5.91. The van der Waals surface area contributed by atoms with Crippen molar-refractivity contribution in [2.75, 3.05) is 64.9 Å². The molecule has 4 heterocycles. The summed E-state index contributed by atoms with van der Waals surface area (Å²) < 4.78 is 13.3. The van der Waals surface area contributed by atoms with Crippen molar-refractivity contribution in [3.05, 3.63) is 70.6 Å². The van der Waals surface area contributed by atoms with Crippen LogP contribution in [0.15, 0.2) is 48.9 Å². The first-order chi connectivity index (χ1) is 23.5. The number of anilines is 1. The van der Waals surface area contributed by atoms with E-state index in [0.29, 0.717) is 44.3 Å². The molecule has 0 unspecified atom stereocenters. The summed E-state index contributed by atoms with van der Waals surface area (Å²) in [6.07, 6.45) is 8.97. The lowest BCUT2D eigenvalue weighted by Crippen LogP contribution is -2.55. The normalized spacial score (nSPS) is 21.5. The molecule has 1 spiro atoms. The second-order valence-corrected chi connectivity index (χ2v) is 13.6. The number of piperazine rings is 1. The van der Waals surface area contributed by atoms with Crippen LogP contribution in [0.3, 0.4) is 0 Å². The Morgan fingerprint density at radius 1 is 1.02 bits per heavy atom. The number of methoxy groups -OCH3 is 2. The molecule has 0 radical (unpaired) electrons. The summed E-state index contributed by atoms with van der Waals surface area (Å²) in [6, 6.07) is 12.1. The number of hydrogen-bond acceptors (Lipinski definition) is 9. The number of carbonyl (C=O) groups is 1. The fourth-order valence-corrected chi connectivity index (χ4v) is 8.37. The predicted molar refractivity (Wildman–Crippen MR) is 187 cm³/mol. The zero-order valence-electron chi connectivity index (χ0n) is 27.9. The van der Waals surface area contributed by atoms with Crippen molar-refractivity contribution in [2.45, 2.75) is 50.6 Å². The maximum atomic E-state index is 14.0. The van der Waals surface area contributed by atoms with E-state index in [-0.39, 0.29) is 17.4 Å². The van der Waals surface area contributed by atoms with Crippen LogP contribution >= 0.6 is 11.6 Å². The van der Waals surface area contributed by atoms with Crippen molar-refractivity contribution in [1.82, 2.24) is 29.5 Å². The first-order valence-corrected chi connectivity index (χ1v) is 17.5. The third kappa shape index (κ3) is 5.97. The van der Waals surface area contributed by atoms with Crippen LogP contribution in [0, 0.1) is 5.92 Å². The number of amides is 1. The number of ether oxygens (including phenoxy) is 2. The maximum Gasteiger partial charge on any atom is 0.225 e. The number of aromatic nitrogens is 4. The van der Waals surface area contributed by atoms with Crippen LogP contribution in [0.25, 0.3) is 11.0 Å². The van der Waals surface area contributed by atoms with Gasteiger partial charge in [0.25, 0.3) is 0 Å². The first kappa shape index (κ1) is 32.6. The Morgan fingerprint density at radius 3 is 2.50 bits per heavy atom. The van der Waals surface area contributed by atoms with Gasteiger partial charge in [0.2, 0.25) is 5.91 Å². The van der Waals surface area contributed by atoms with Crippen molar-refractivity contribution in [1.29, 1.82) is 0 Å². The molecule has 3 aliphatic rings. The molecule has 2 fully saturated rings. The van der Waals surface area contributed by atoms with Crippen molar-refractivity contribution >= 4 is 34.4 Å². The maximum absolute atomic E-state index is 14.0. The predicted octanol–water partition coefficient (Wildman–Crippen LogP) is 4.49. The highest BCUT2D eigenvalue weighted by molar-refractivity contribution is 6.31. The topological polar surface area (TPSA) is 115 Å². The first-order valence-electron chi connectivity index (χ1n) is 17.1. The average Bonchev–Trinajstić information content (AvgIpc) is 3.54. The van der Waals surface area contributed by atoms with Gasteiger partial charge in [-0.1, -0.05) is 29.8 Å². The fraction of sp³-hybridized carbons (Fsp3) is 0.500. The smallest absolute Gasteiger partial charge is 0.225 e. The van der Waals surface area contributed by atoms with Crippen LogP contribution in [0.4, 0.5) is 5.82 Å². The van der Waals surface area contributed by atoms with Crippen LogP contribution < -0.4 is 20.1 Å². The molecule has 0 atom stereocenters. The van der Waals surface area contributed by atoms with E-state index in [2.05, 4.69) is 41.9 Å². The van der Waals surface area contributed by atoms with E-state index in [1.54, 1.807) is 20.5 Å². The van der Waals surface area contributed by atoms with E-state index in [9.17, 15) is 4.79 Å². The van der Waals surface area contributed by atoms with Gasteiger partial charge >= 0.3 is 0 Å². The minimum Gasteiger partial charge on any atom is -0.493 e. The molecule has 1 aliphatic carbocycles. The zero-order chi connectivity index (χ0) is 33.3. The van der Waals surface area contributed by atoms with Crippen molar-refractivity contribution < 1.29 is 14.3 Å². The van der Waals surface area contributed by atoms with Gasteiger partial charge in [-0.05, 0) is 80.0 Å². The molecule has 2 aliphatic heterocycles. The van der Waals surface area contributed by atoms with Gasteiger partial charge in [-0.15, -0.1) is 0 Å². The monoisotopic (exact) mass is 672 g/mol. The van der Waals surface area contributed by atoms with Gasteiger partial charge in [-0.3, -0.25) is 9.69 Å². The molecule has 1 amide bonds. The highest BCUT2D eigenvalue weighted by Crippen LogP contribution is 2.50. The number of benzene rings is 2. The van der Waals surface area contributed by atoms with E-state index >= 15 is 0 Å². The highest BCUT2D eigenvalue weighted by Gasteiger charge is 2.47. The van der Waals surface area contributed by atoms with Crippen LogP contribution in [-0.4, -0.2) is 95.5 Å². The Morgan fingerprint density at radius 2 is 1.77 bits per heavy atom. The molecule has 7 rings (SSSR count). The van der Waals surface area contributed by atoms with Crippen molar-refractivity contribution in [3.63, 3.8) is 0 Å². The molecule has 0 bridgehead atoms. The third-order valence-corrected chi connectivity index (χ3v) is 11.1. The fourth-order valence-electron chi connectivity index (χ4n) is 8.17. The average molecular weight is 673 g/mol. The summed E-state index contributed by atoms with van der Waals surface area (Å²) in [5.74, 6) is 2.71. The van der Waals surface area contributed by atoms with Gasteiger partial charge < -0.3 is 25.0 Å². The largest absolute Gasteiger partial charge is 0.493 e. The zero-order valence-corrected chi connectivity index (χ0v) is 28.7. The van der Waals surface area contributed by atoms with Crippen LogP contribution in [-0.2, 0) is 23.3 Å². The number of fused-ring (bicyclic) bond motifs is 3. The van der Waals surface area contributed by atoms with Gasteiger partial charge in [0.15, 0.2) is 17.1 Å². The Labute approximate surface area is 287 Å². The van der Waals surface area contributed by atoms with Crippen LogP contribution in [0.1, 0.15) is 48.8 Å². The SMILES string of the molecule is COc1cc2c(cc1OC)C1(CCC(C(=O)N3CCN(c4ncnc5c4cnn5Cc4ccccc4Cl)CC3)CC1)N(CCCN)CC2. The Balaban J connectivity index is 1.02. The van der Waals surface area contributed by atoms with Gasteiger partial charge in [0.1, 0.15) is 12.1 Å². The second-order valence-electron chi connectivity index (χ2n) is 13.2. The van der Waals surface area contributed by atoms with E-state index in [4.69, 9.17) is 26.8 Å². The summed E-state index contributed by atoms with van der Waals surface area (Å²) in [5, 5.41) is 6.23. The Hall–Kier alpha value is -3.93. The van der Waals surface area contributed by atoms with Crippen molar-refractivity contribution in [3.8, 4) is 11.5 Å². The minimum atomic E-state index is -0.119. The number of nitrogens with two attached hydrogens (primary N) is 1. The number of halogens is 1. The molecular weight excluding hydrogens is 628 g/mol. The summed E-state index contributed by atoms with van der Waals surface area (Å²) in [7, 11) is 3.39. The van der Waals surface area contributed by atoms with Crippen LogP contribution in [0.2, 0.25) is 5.02 Å². The molecule has 11 nitrogen and oxygen atoms in total. The van der Waals surface area contributed by atoms with Crippen molar-refractivity contribution in [2.24, 2.45) is 11.7 Å². The summed E-state index contributed by atoms with van der Waals surface area (Å²) in [5.41, 5.74) is 10.3. The van der Waals surface area contributed by atoms with E-state index in [1.165, 1.54) is 11.1 Å². The lowest BCUT2D eigenvalue weighted by Gasteiger charge is -2.52. The molecule has 2 aromatic carbocycles. The molecule has 1 saturated heterocycles. The van der Waals surface area contributed by atoms with E-state index in [0.717, 1.165) is 85.5 Å². The second kappa shape index (κ2) is 13.9. The third-order valence-electron chi connectivity index (χ3n) is 10.7. The number of nitrogens with zero attached hydrogens (tertiary/aromatic N) is 7. The Kier molecular flexibility index (Phi) is 9.44. The van der Waals surface area contributed by atoms with Gasteiger partial charge in [0, 0.05) is 55.7 Å². The number of hydrogen-bond donors (Lipinski definition) is 1. The standard InChI is InChI=1S/C36H45ClN8O3/c1-47-31-20-26-10-15-44(14-5-13-38)36(29(26)21-32(31)48-2)11-8-25(9-12-36)35(46)43-18-16-42(17-19-43)33-28-22-41-45(34(28)40-24-39-33)23-27-6-3-4-7-30(27)37/h3-4,6-7,20-22,24-25H,5,8-19,23,38H2,1-2H3. The van der Waals surface area contributed by atoms with Gasteiger partial charge in [0.05, 0.1) is 32.3 Å². The summed E-state index contributed by atoms with van der Waals surface area (Å²) >= 11 is 6.42. The molecule has 2 aromatic heterocycles. The molecule has 4 aromatic rings. The van der Waals surface area contributed by atoms with Gasteiger partial charge in [-0.2, -0.15) is 5.10 Å². The molecule has 2 N–H and O–H groups in total.